The summed E-state index contributed by atoms with van der Waals surface area (Å²) in [5, 5.41) is 11.2. The van der Waals surface area contributed by atoms with E-state index in [1.54, 1.807) is 18.2 Å². The van der Waals surface area contributed by atoms with Crippen molar-refractivity contribution >= 4 is 35.3 Å². The normalized spacial score (nSPS) is 20.3. The number of alkyl halides is 3. The molecule has 1 N–H and O–H groups in total. The molecule has 0 aromatic heterocycles. The number of amides is 1. The van der Waals surface area contributed by atoms with Gasteiger partial charge in [0.2, 0.25) is 5.91 Å². The summed E-state index contributed by atoms with van der Waals surface area (Å²) in [6, 6.07) is 4.91. The lowest BCUT2D eigenvalue weighted by molar-refractivity contribution is -0.178. The zero-order chi connectivity index (χ0) is 21.8. The smallest absolute Gasteiger partial charge is 0.387 e. The van der Waals surface area contributed by atoms with E-state index < -0.39 is 17.8 Å². The predicted octanol–water partition coefficient (Wildman–Crippen LogP) is 4.86. The first-order chi connectivity index (χ1) is 13.5. The summed E-state index contributed by atoms with van der Waals surface area (Å²) >= 11 is 11.9. The van der Waals surface area contributed by atoms with E-state index in [1.165, 1.54) is 11.0 Å². The number of rotatable bonds is 7. The molecule has 2 rings (SSSR count). The van der Waals surface area contributed by atoms with Crippen molar-refractivity contribution in [2.45, 2.75) is 50.9 Å². The molecule has 0 spiro atoms. The van der Waals surface area contributed by atoms with Gasteiger partial charge in [0, 0.05) is 12.8 Å². The Balaban J connectivity index is 2.05. The van der Waals surface area contributed by atoms with Crippen molar-refractivity contribution in [2.75, 3.05) is 13.1 Å². The van der Waals surface area contributed by atoms with E-state index >= 15 is 0 Å². The molecule has 0 radical (unpaired) electrons. The van der Waals surface area contributed by atoms with Crippen molar-refractivity contribution in [1.29, 1.82) is 0 Å². The Morgan fingerprint density at radius 1 is 1.34 bits per heavy atom. The molecular weight excluding hydrogens is 428 g/mol. The standard InChI is InChI=1S/C20H23Cl2F3N2O2/c1-3-8-27(18(29)10-13-4-5-15(21)16(22)9-13)12-17(28)14-6-7-19(2,26-11-14)20(23,24)25/h4-6,9,11,17,28H,3,7-8,10,12H2,1-2H3. The largest absolute Gasteiger partial charge is 0.413 e. The fourth-order valence-electron chi connectivity index (χ4n) is 2.89. The zero-order valence-corrected chi connectivity index (χ0v) is 17.7. The number of hydrogen-bond acceptors (Lipinski definition) is 3. The molecule has 9 heteroatoms. The molecule has 1 aliphatic heterocycles. The summed E-state index contributed by atoms with van der Waals surface area (Å²) in [7, 11) is 0. The van der Waals surface area contributed by atoms with Crippen molar-refractivity contribution in [3.63, 3.8) is 0 Å². The van der Waals surface area contributed by atoms with Crippen LogP contribution >= 0.6 is 23.2 Å². The van der Waals surface area contributed by atoms with Crippen LogP contribution in [-0.2, 0) is 11.2 Å². The molecule has 0 fully saturated rings. The van der Waals surface area contributed by atoms with Gasteiger partial charge in [0.1, 0.15) is 0 Å². The first-order valence-electron chi connectivity index (χ1n) is 9.18. The third kappa shape index (κ3) is 5.96. The van der Waals surface area contributed by atoms with Gasteiger partial charge >= 0.3 is 6.18 Å². The maximum absolute atomic E-state index is 13.1. The van der Waals surface area contributed by atoms with Gasteiger partial charge in [-0.25, -0.2) is 0 Å². The van der Waals surface area contributed by atoms with Gasteiger partial charge in [0.25, 0.3) is 0 Å². The highest BCUT2D eigenvalue weighted by atomic mass is 35.5. The third-order valence-electron chi connectivity index (χ3n) is 4.81. The lowest BCUT2D eigenvalue weighted by atomic mass is 9.92. The minimum Gasteiger partial charge on any atom is -0.387 e. The quantitative estimate of drug-likeness (QED) is 0.644. The lowest BCUT2D eigenvalue weighted by Gasteiger charge is -2.31. The first kappa shape index (κ1) is 23.7. The van der Waals surface area contributed by atoms with Crippen molar-refractivity contribution in [3.05, 3.63) is 45.5 Å². The van der Waals surface area contributed by atoms with Crippen molar-refractivity contribution in [2.24, 2.45) is 4.99 Å². The van der Waals surface area contributed by atoms with Crippen LogP contribution in [0.4, 0.5) is 13.2 Å². The van der Waals surface area contributed by atoms with Crippen molar-refractivity contribution in [3.8, 4) is 0 Å². The van der Waals surface area contributed by atoms with Gasteiger partial charge in [0.15, 0.2) is 5.54 Å². The Kier molecular flexibility index (Phi) is 7.76. The molecule has 4 nitrogen and oxygen atoms in total. The van der Waals surface area contributed by atoms with Crippen LogP contribution < -0.4 is 0 Å². The van der Waals surface area contributed by atoms with E-state index in [-0.39, 0.29) is 30.9 Å². The van der Waals surface area contributed by atoms with Gasteiger partial charge in [-0.2, -0.15) is 13.2 Å². The number of carbonyl (C=O) groups excluding carboxylic acids is 1. The Morgan fingerprint density at radius 2 is 2.03 bits per heavy atom. The molecule has 1 aromatic carbocycles. The Hall–Kier alpha value is -1.57. The Bertz CT molecular complexity index is 811. The number of halogens is 5. The van der Waals surface area contributed by atoms with Crippen LogP contribution in [0.5, 0.6) is 0 Å². The number of dihydropyridines is 1. The average Bonchev–Trinajstić information content (AvgIpc) is 2.64. The van der Waals surface area contributed by atoms with Crippen LogP contribution in [0.25, 0.3) is 0 Å². The molecule has 0 bridgehead atoms. The number of aliphatic imine (C=N–C) groups is 1. The van der Waals surface area contributed by atoms with E-state index in [9.17, 15) is 23.1 Å². The number of hydrogen-bond donors (Lipinski definition) is 1. The van der Waals surface area contributed by atoms with Crippen LogP contribution in [0.2, 0.25) is 10.0 Å². The molecule has 0 saturated carbocycles. The average molecular weight is 451 g/mol. The molecule has 2 atom stereocenters. The highest BCUT2D eigenvalue weighted by Crippen LogP contribution is 2.38. The summed E-state index contributed by atoms with van der Waals surface area (Å²) in [5.41, 5.74) is -1.24. The second-order valence-electron chi connectivity index (χ2n) is 7.22. The van der Waals surface area contributed by atoms with Gasteiger partial charge in [-0.3, -0.25) is 9.79 Å². The number of aliphatic hydroxyl groups is 1. The maximum atomic E-state index is 13.1. The first-order valence-corrected chi connectivity index (χ1v) is 9.94. The van der Waals surface area contributed by atoms with E-state index in [4.69, 9.17) is 23.2 Å². The zero-order valence-electron chi connectivity index (χ0n) is 16.1. The number of nitrogens with zero attached hydrogens (tertiary/aromatic N) is 2. The van der Waals surface area contributed by atoms with Gasteiger partial charge in [-0.1, -0.05) is 42.3 Å². The summed E-state index contributed by atoms with van der Waals surface area (Å²) in [4.78, 5) is 17.8. The Labute approximate surface area is 178 Å². The summed E-state index contributed by atoms with van der Waals surface area (Å²) in [6.07, 6.45) is -2.83. The second kappa shape index (κ2) is 9.49. The molecule has 1 amide bonds. The predicted molar refractivity (Wildman–Crippen MR) is 109 cm³/mol. The lowest BCUT2D eigenvalue weighted by Crippen LogP contribution is -2.43. The summed E-state index contributed by atoms with van der Waals surface area (Å²) < 4.78 is 39.2. The minimum atomic E-state index is -4.47. The molecule has 0 aliphatic carbocycles. The highest BCUT2D eigenvalue weighted by Gasteiger charge is 2.51. The van der Waals surface area contributed by atoms with Crippen molar-refractivity contribution < 1.29 is 23.1 Å². The number of benzene rings is 1. The second-order valence-corrected chi connectivity index (χ2v) is 8.03. The fraction of sp³-hybridized carbons (Fsp3) is 0.500. The van der Waals surface area contributed by atoms with E-state index in [0.717, 1.165) is 13.1 Å². The highest BCUT2D eigenvalue weighted by molar-refractivity contribution is 6.42. The van der Waals surface area contributed by atoms with Crippen LogP contribution in [-0.4, -0.2) is 53.0 Å². The molecule has 1 heterocycles. The molecule has 1 aliphatic rings. The molecule has 29 heavy (non-hydrogen) atoms. The van der Waals surface area contributed by atoms with Crippen LogP contribution in [0.1, 0.15) is 32.3 Å². The van der Waals surface area contributed by atoms with Gasteiger partial charge in [-0.05, 0) is 43.0 Å². The summed E-state index contributed by atoms with van der Waals surface area (Å²) in [5.74, 6) is -0.224. The van der Waals surface area contributed by atoms with Crippen LogP contribution in [0.15, 0.2) is 34.8 Å². The third-order valence-corrected chi connectivity index (χ3v) is 5.55. The van der Waals surface area contributed by atoms with E-state index in [2.05, 4.69) is 4.99 Å². The van der Waals surface area contributed by atoms with E-state index in [0.29, 0.717) is 28.6 Å². The topological polar surface area (TPSA) is 52.9 Å². The SMILES string of the molecule is CCCN(CC(O)C1=CCC(C)(C(F)(F)F)N=C1)C(=O)Cc1ccc(Cl)c(Cl)c1. The van der Waals surface area contributed by atoms with Gasteiger partial charge in [0.05, 0.1) is 29.1 Å². The fourth-order valence-corrected chi connectivity index (χ4v) is 3.21. The van der Waals surface area contributed by atoms with E-state index in [1.807, 2.05) is 6.92 Å². The number of aliphatic hydroxyl groups excluding tert-OH is 1. The number of carbonyl (C=O) groups is 1. The van der Waals surface area contributed by atoms with Gasteiger partial charge < -0.3 is 10.0 Å². The summed E-state index contributed by atoms with van der Waals surface area (Å²) in [6.45, 7) is 3.27. The molecular formula is C20H23Cl2F3N2O2. The molecule has 160 valence electrons. The molecule has 0 saturated heterocycles. The molecule has 1 aromatic rings. The van der Waals surface area contributed by atoms with Crippen molar-refractivity contribution in [1.82, 2.24) is 4.90 Å². The molecule has 2 unspecified atom stereocenters. The maximum Gasteiger partial charge on any atom is 0.413 e. The van der Waals surface area contributed by atoms with Gasteiger partial charge in [-0.15, -0.1) is 0 Å². The minimum absolute atomic E-state index is 0.0332. The van der Waals surface area contributed by atoms with Crippen LogP contribution in [0, 0.1) is 0 Å². The monoisotopic (exact) mass is 450 g/mol. The Morgan fingerprint density at radius 3 is 2.55 bits per heavy atom. The van der Waals surface area contributed by atoms with Crippen LogP contribution in [0.3, 0.4) is 0 Å².